The maximum absolute atomic E-state index is 14.2. The predicted molar refractivity (Wildman–Crippen MR) is 197 cm³/mol. The number of ether oxygens (including phenoxy) is 1. The van der Waals surface area contributed by atoms with Gasteiger partial charge in [0, 0.05) is 56.1 Å². The molecule has 2 N–H and O–H groups in total. The minimum Gasteiger partial charge on any atom is -0.475 e. The van der Waals surface area contributed by atoms with E-state index in [-0.39, 0.29) is 29.5 Å². The smallest absolute Gasteiger partial charge is 0.237 e. The Morgan fingerprint density at radius 3 is 2.52 bits per heavy atom. The number of nitrogens with zero attached hydrogens (tertiary/aromatic N) is 7. The summed E-state index contributed by atoms with van der Waals surface area (Å²) in [5.74, 6) is 2.27. The predicted octanol–water partition coefficient (Wildman–Crippen LogP) is 4.39. The average molecular weight is 706 g/mol. The standard InChI is InChI=1S/C40H51N9O3/c1-26(2)52-35-12-7-30(22-41-35)37-33-21-32(10-11-34(33)43-44-37)48-20-16-40(39(48)51)15-19-46(24-40)23-36(50)47-17-13-28(14-18-47)27-3-5-29(6-4-27)38-42-25-49(45-38)31-8-9-31/h3-7,12-13,22,25-26,31-34,37,43-44H,8-11,14-21,23-24H2,1-2H3/t32?,33?,34?,37?,40-/m0/s1. The van der Waals surface area contributed by atoms with Crippen LogP contribution in [0.25, 0.3) is 17.0 Å². The zero-order valence-corrected chi connectivity index (χ0v) is 30.4. The molecule has 9 rings (SSSR count). The zero-order valence-electron chi connectivity index (χ0n) is 30.4. The molecule has 4 unspecified atom stereocenters. The summed E-state index contributed by atoms with van der Waals surface area (Å²) in [7, 11) is 0. The molecule has 3 aromatic rings. The Balaban J connectivity index is 0.771. The highest BCUT2D eigenvalue weighted by Gasteiger charge is 2.53. The Morgan fingerprint density at radius 2 is 1.77 bits per heavy atom. The number of hydrogen-bond acceptors (Lipinski definition) is 9. The van der Waals surface area contributed by atoms with Crippen molar-refractivity contribution in [2.45, 2.75) is 95.5 Å². The number of carbonyl (C=O) groups excluding carboxylic acids is 2. The summed E-state index contributed by atoms with van der Waals surface area (Å²) >= 11 is 0. The van der Waals surface area contributed by atoms with Crippen LogP contribution < -0.4 is 15.6 Å². The number of hydrogen-bond donors (Lipinski definition) is 2. The monoisotopic (exact) mass is 705 g/mol. The van der Waals surface area contributed by atoms with E-state index >= 15 is 0 Å². The third-order valence-electron chi connectivity index (χ3n) is 12.5. The first-order valence-electron chi connectivity index (χ1n) is 19.5. The van der Waals surface area contributed by atoms with E-state index in [9.17, 15) is 9.59 Å². The van der Waals surface area contributed by atoms with Crippen LogP contribution in [0, 0.1) is 11.3 Å². The average Bonchev–Trinajstić information content (AvgIpc) is 3.45. The largest absolute Gasteiger partial charge is 0.475 e. The van der Waals surface area contributed by atoms with Gasteiger partial charge in [-0.2, -0.15) is 5.10 Å². The molecular weight excluding hydrogens is 654 g/mol. The fourth-order valence-electron chi connectivity index (χ4n) is 9.41. The van der Waals surface area contributed by atoms with Gasteiger partial charge in [-0.15, -0.1) is 0 Å². The summed E-state index contributed by atoms with van der Waals surface area (Å²) in [5, 5.41) is 4.65. The fourth-order valence-corrected chi connectivity index (χ4v) is 9.41. The highest BCUT2D eigenvalue weighted by molar-refractivity contribution is 5.86. The first-order chi connectivity index (χ1) is 25.3. The van der Waals surface area contributed by atoms with Crippen LogP contribution in [0.5, 0.6) is 5.88 Å². The molecule has 4 aliphatic heterocycles. The van der Waals surface area contributed by atoms with Gasteiger partial charge in [-0.25, -0.2) is 20.1 Å². The molecule has 2 saturated carbocycles. The topological polar surface area (TPSA) is 121 Å². The number of rotatable bonds is 9. The zero-order chi connectivity index (χ0) is 35.4. The number of benzene rings is 1. The molecule has 2 aliphatic carbocycles. The number of amides is 2. The fraction of sp³-hybridized carbons (Fsp3) is 0.575. The van der Waals surface area contributed by atoms with E-state index in [1.54, 1.807) is 0 Å². The maximum Gasteiger partial charge on any atom is 0.237 e. The lowest BCUT2D eigenvalue weighted by Gasteiger charge is -2.38. The molecule has 1 aromatic carbocycles. The van der Waals surface area contributed by atoms with Crippen LogP contribution >= 0.6 is 0 Å². The molecule has 274 valence electrons. The lowest BCUT2D eigenvalue weighted by molar-refractivity contribution is -0.139. The second kappa shape index (κ2) is 13.7. The second-order valence-electron chi connectivity index (χ2n) is 16.3. The van der Waals surface area contributed by atoms with Crippen molar-refractivity contribution in [1.29, 1.82) is 0 Å². The minimum absolute atomic E-state index is 0.0884. The van der Waals surface area contributed by atoms with Gasteiger partial charge >= 0.3 is 0 Å². The number of nitrogens with one attached hydrogen (secondary N) is 2. The van der Waals surface area contributed by atoms with Crippen molar-refractivity contribution in [3.05, 3.63) is 66.1 Å². The highest BCUT2D eigenvalue weighted by atomic mass is 16.5. The molecule has 3 saturated heterocycles. The van der Waals surface area contributed by atoms with E-state index in [1.807, 2.05) is 42.0 Å². The summed E-state index contributed by atoms with van der Waals surface area (Å²) in [6.45, 7) is 8.03. The lowest BCUT2D eigenvalue weighted by atomic mass is 9.77. The van der Waals surface area contributed by atoms with Crippen molar-refractivity contribution < 1.29 is 14.3 Å². The Hall–Kier alpha value is -4.13. The number of likely N-dealkylation sites (tertiary alicyclic amines) is 2. The van der Waals surface area contributed by atoms with Crippen LogP contribution in [-0.4, -0.2) is 104 Å². The van der Waals surface area contributed by atoms with Crippen LogP contribution in [0.1, 0.15) is 88.4 Å². The maximum atomic E-state index is 14.2. The first-order valence-corrected chi connectivity index (χ1v) is 19.5. The van der Waals surface area contributed by atoms with Crippen molar-refractivity contribution in [3.8, 4) is 17.3 Å². The third-order valence-corrected chi connectivity index (χ3v) is 12.5. The third kappa shape index (κ3) is 6.54. The molecule has 6 heterocycles. The molecule has 6 aliphatic rings. The molecule has 5 fully saturated rings. The van der Waals surface area contributed by atoms with E-state index < -0.39 is 0 Å². The first kappa shape index (κ1) is 33.7. The molecule has 2 aromatic heterocycles. The highest BCUT2D eigenvalue weighted by Crippen LogP contribution is 2.46. The van der Waals surface area contributed by atoms with Gasteiger partial charge in [-0.1, -0.05) is 36.4 Å². The molecule has 0 bridgehead atoms. The van der Waals surface area contributed by atoms with E-state index in [0.29, 0.717) is 56.0 Å². The lowest BCUT2D eigenvalue weighted by Crippen LogP contribution is -2.47. The van der Waals surface area contributed by atoms with Gasteiger partial charge < -0.3 is 14.5 Å². The van der Waals surface area contributed by atoms with Crippen LogP contribution in [0.4, 0.5) is 0 Å². The van der Waals surface area contributed by atoms with Gasteiger partial charge in [0.05, 0.1) is 30.1 Å². The van der Waals surface area contributed by atoms with Crippen molar-refractivity contribution in [2.75, 3.05) is 39.3 Å². The number of hydrazine groups is 1. The van der Waals surface area contributed by atoms with Crippen LogP contribution in [0.15, 0.2) is 55.0 Å². The van der Waals surface area contributed by atoms with Crippen molar-refractivity contribution in [2.24, 2.45) is 11.3 Å². The molecule has 5 atom stereocenters. The Morgan fingerprint density at radius 1 is 0.962 bits per heavy atom. The van der Waals surface area contributed by atoms with Crippen molar-refractivity contribution >= 4 is 17.4 Å². The van der Waals surface area contributed by atoms with E-state index in [0.717, 1.165) is 68.6 Å². The summed E-state index contributed by atoms with van der Waals surface area (Å²) in [6, 6.07) is 13.9. The quantitative estimate of drug-likeness (QED) is 0.334. The number of pyridine rings is 1. The Kier molecular flexibility index (Phi) is 8.87. The summed E-state index contributed by atoms with van der Waals surface area (Å²) in [5.41, 5.74) is 11.4. The van der Waals surface area contributed by atoms with E-state index in [2.05, 4.69) is 72.1 Å². The molecule has 52 heavy (non-hydrogen) atoms. The van der Waals surface area contributed by atoms with E-state index in [4.69, 9.17) is 4.74 Å². The van der Waals surface area contributed by atoms with Crippen LogP contribution in [-0.2, 0) is 9.59 Å². The van der Waals surface area contributed by atoms with Crippen molar-refractivity contribution in [3.63, 3.8) is 0 Å². The van der Waals surface area contributed by atoms with Gasteiger partial charge in [-0.05, 0) is 94.4 Å². The van der Waals surface area contributed by atoms with Crippen LogP contribution in [0.2, 0.25) is 0 Å². The number of aromatic nitrogens is 4. The summed E-state index contributed by atoms with van der Waals surface area (Å²) in [6.07, 6.45) is 14.0. The van der Waals surface area contributed by atoms with Gasteiger partial charge in [0.15, 0.2) is 5.82 Å². The van der Waals surface area contributed by atoms with Crippen molar-refractivity contribution in [1.82, 2.24) is 45.3 Å². The molecule has 2 amide bonds. The Labute approximate surface area is 306 Å². The number of carbonyl (C=O) groups is 2. The second-order valence-corrected chi connectivity index (χ2v) is 16.3. The molecule has 1 spiro atoms. The van der Waals surface area contributed by atoms with Gasteiger partial charge in [0.2, 0.25) is 17.7 Å². The Bertz CT molecular complexity index is 1820. The number of fused-ring (bicyclic) bond motifs is 1. The summed E-state index contributed by atoms with van der Waals surface area (Å²) < 4.78 is 7.74. The molecular formula is C40H51N9O3. The van der Waals surface area contributed by atoms with E-state index in [1.165, 1.54) is 24.0 Å². The molecule has 0 radical (unpaired) electrons. The molecule has 12 heteroatoms. The van der Waals surface area contributed by atoms with Gasteiger partial charge in [0.25, 0.3) is 0 Å². The normalized spacial score (nSPS) is 29.3. The SMILES string of the molecule is CC(C)Oc1ccc(C2NNC3CCC(N4CC[C@]5(CCN(CC(=O)N6CC=C(c7ccc(-c8ncn(C9CC9)n8)cc7)CC6)C5)C4=O)CC32)cn1. The summed E-state index contributed by atoms with van der Waals surface area (Å²) in [4.78, 5) is 43.1. The minimum atomic E-state index is -0.356. The van der Waals surface area contributed by atoms with Gasteiger partial charge in [-0.3, -0.25) is 19.9 Å². The molecule has 12 nitrogen and oxygen atoms in total. The van der Waals surface area contributed by atoms with Crippen LogP contribution in [0.3, 0.4) is 0 Å². The van der Waals surface area contributed by atoms with Gasteiger partial charge in [0.1, 0.15) is 6.33 Å².